The van der Waals surface area contributed by atoms with Gasteiger partial charge in [0.05, 0.1) is 0 Å². The number of carbonyl (C=O) groups excluding carboxylic acids is 1. The first-order valence-electron chi connectivity index (χ1n) is 5.10. The Morgan fingerprint density at radius 2 is 2.20 bits per heavy atom. The summed E-state index contributed by atoms with van der Waals surface area (Å²) in [5, 5.41) is 0. The lowest BCUT2D eigenvalue weighted by Gasteiger charge is -1.99. The third-order valence-electron chi connectivity index (χ3n) is 2.18. The highest BCUT2D eigenvalue weighted by Gasteiger charge is 1.97. The van der Waals surface area contributed by atoms with E-state index in [0.717, 1.165) is 17.5 Å². The van der Waals surface area contributed by atoms with Gasteiger partial charge < -0.3 is 0 Å². The molecule has 0 unspecified atom stereocenters. The summed E-state index contributed by atoms with van der Waals surface area (Å²) in [6.07, 6.45) is 4.72. The van der Waals surface area contributed by atoms with Crippen molar-refractivity contribution in [1.82, 2.24) is 0 Å². The van der Waals surface area contributed by atoms with E-state index < -0.39 is 0 Å². The molecule has 0 saturated heterocycles. The molecule has 0 amide bonds. The van der Waals surface area contributed by atoms with Gasteiger partial charge >= 0.3 is 0 Å². The molecule has 0 fully saturated rings. The van der Waals surface area contributed by atoms with Crippen molar-refractivity contribution >= 4 is 11.9 Å². The second-order valence-corrected chi connectivity index (χ2v) is 3.55. The van der Waals surface area contributed by atoms with Crippen molar-refractivity contribution in [1.29, 1.82) is 0 Å². The zero-order valence-corrected chi connectivity index (χ0v) is 9.09. The van der Waals surface area contributed by atoms with Crippen LogP contribution in [0.2, 0.25) is 0 Å². The molecule has 0 N–H and O–H groups in total. The van der Waals surface area contributed by atoms with Gasteiger partial charge in [-0.3, -0.25) is 4.79 Å². The minimum atomic E-state index is -0.246. The molecule has 0 radical (unpaired) electrons. The molecule has 80 valence electrons. The Kier molecular flexibility index (Phi) is 4.22. The molecule has 0 aliphatic carbocycles. The Balaban J connectivity index is 2.76. The molecule has 15 heavy (non-hydrogen) atoms. The molecule has 1 nitrogen and oxygen atoms in total. The molecule has 0 spiro atoms. The maximum absolute atomic E-state index is 12.8. The smallest absolute Gasteiger partial charge is 0.155 e. The minimum Gasteiger partial charge on any atom is -0.295 e. The molecule has 0 heterocycles. The summed E-state index contributed by atoms with van der Waals surface area (Å²) >= 11 is 0. The maximum atomic E-state index is 12.8. The second-order valence-electron chi connectivity index (χ2n) is 3.55. The summed E-state index contributed by atoms with van der Waals surface area (Å²) in [4.78, 5) is 11.2. The first-order valence-corrected chi connectivity index (χ1v) is 5.10. The predicted molar refractivity (Wildman–Crippen MR) is 60.1 cm³/mol. The molecular formula is C13H15FO. The van der Waals surface area contributed by atoms with Crippen LogP contribution in [0.4, 0.5) is 4.39 Å². The highest BCUT2D eigenvalue weighted by Crippen LogP contribution is 2.11. The Morgan fingerprint density at radius 3 is 2.80 bits per heavy atom. The summed E-state index contributed by atoms with van der Waals surface area (Å²) in [5.41, 5.74) is 1.73. The van der Waals surface area contributed by atoms with Gasteiger partial charge in [-0.15, -0.1) is 0 Å². The largest absolute Gasteiger partial charge is 0.295 e. The van der Waals surface area contributed by atoms with Crippen LogP contribution in [-0.4, -0.2) is 5.78 Å². The van der Waals surface area contributed by atoms with Crippen molar-refractivity contribution < 1.29 is 9.18 Å². The fourth-order valence-corrected chi connectivity index (χ4v) is 1.34. The molecule has 2 heteroatoms. The van der Waals surface area contributed by atoms with Gasteiger partial charge in [-0.25, -0.2) is 4.39 Å². The SMILES string of the molecule is CCCC(=O)/C=C/c1ccc(F)cc1C. The standard InChI is InChI=1S/C13H15FO/c1-3-4-13(15)8-6-11-5-7-12(14)9-10(11)2/h5-9H,3-4H2,1-2H3/b8-6+. The van der Waals surface area contributed by atoms with Gasteiger partial charge in [0.15, 0.2) is 5.78 Å². The van der Waals surface area contributed by atoms with E-state index >= 15 is 0 Å². The van der Waals surface area contributed by atoms with Crippen LogP contribution in [0.3, 0.4) is 0 Å². The zero-order valence-electron chi connectivity index (χ0n) is 9.09. The van der Waals surface area contributed by atoms with E-state index in [1.807, 2.05) is 13.8 Å². The van der Waals surface area contributed by atoms with E-state index in [9.17, 15) is 9.18 Å². The molecule has 0 bridgehead atoms. The number of allylic oxidation sites excluding steroid dienone is 1. The molecule has 1 rings (SSSR count). The lowest BCUT2D eigenvalue weighted by atomic mass is 10.1. The van der Waals surface area contributed by atoms with Crippen LogP contribution in [0.5, 0.6) is 0 Å². The normalized spacial score (nSPS) is 10.9. The third kappa shape index (κ3) is 3.66. The minimum absolute atomic E-state index is 0.112. The van der Waals surface area contributed by atoms with E-state index in [0.29, 0.717) is 6.42 Å². The topological polar surface area (TPSA) is 17.1 Å². The highest BCUT2D eigenvalue weighted by molar-refractivity contribution is 5.93. The van der Waals surface area contributed by atoms with Crippen LogP contribution in [-0.2, 0) is 4.79 Å². The molecule has 0 aliphatic heterocycles. The summed E-state index contributed by atoms with van der Waals surface area (Å²) in [7, 11) is 0. The summed E-state index contributed by atoms with van der Waals surface area (Å²) in [5.74, 6) is -0.134. The average molecular weight is 206 g/mol. The fourth-order valence-electron chi connectivity index (χ4n) is 1.34. The van der Waals surface area contributed by atoms with Gasteiger partial charge in [0.1, 0.15) is 5.82 Å². The van der Waals surface area contributed by atoms with Crippen LogP contribution in [0, 0.1) is 12.7 Å². The van der Waals surface area contributed by atoms with Crippen molar-refractivity contribution in [2.24, 2.45) is 0 Å². The van der Waals surface area contributed by atoms with E-state index in [2.05, 4.69) is 0 Å². The van der Waals surface area contributed by atoms with Crippen molar-refractivity contribution in [3.8, 4) is 0 Å². The molecule has 0 atom stereocenters. The van der Waals surface area contributed by atoms with Crippen LogP contribution in [0.15, 0.2) is 24.3 Å². The van der Waals surface area contributed by atoms with E-state index in [1.54, 1.807) is 18.2 Å². The Hall–Kier alpha value is -1.44. The number of ketones is 1. The first kappa shape index (κ1) is 11.6. The molecule has 0 aromatic heterocycles. The Bertz CT molecular complexity index is 380. The van der Waals surface area contributed by atoms with Gasteiger partial charge in [0, 0.05) is 6.42 Å². The summed E-state index contributed by atoms with van der Waals surface area (Å²) < 4.78 is 12.8. The van der Waals surface area contributed by atoms with Crippen LogP contribution in [0.25, 0.3) is 6.08 Å². The van der Waals surface area contributed by atoms with Crippen molar-refractivity contribution in [3.05, 3.63) is 41.2 Å². The average Bonchev–Trinajstić information content (AvgIpc) is 2.17. The van der Waals surface area contributed by atoms with Crippen LogP contribution in [0.1, 0.15) is 30.9 Å². The van der Waals surface area contributed by atoms with E-state index in [1.165, 1.54) is 12.1 Å². The number of halogens is 1. The molecule has 1 aromatic rings. The Labute approximate surface area is 89.6 Å². The quantitative estimate of drug-likeness (QED) is 0.689. The van der Waals surface area contributed by atoms with E-state index in [-0.39, 0.29) is 11.6 Å². The molecule has 1 aromatic carbocycles. The maximum Gasteiger partial charge on any atom is 0.155 e. The van der Waals surface area contributed by atoms with Gasteiger partial charge in [0.25, 0.3) is 0 Å². The van der Waals surface area contributed by atoms with Crippen LogP contribution < -0.4 is 0 Å². The number of aryl methyl sites for hydroxylation is 1. The van der Waals surface area contributed by atoms with Gasteiger partial charge in [-0.2, -0.15) is 0 Å². The summed E-state index contributed by atoms with van der Waals surface area (Å²) in [6.45, 7) is 3.79. The van der Waals surface area contributed by atoms with Crippen molar-refractivity contribution in [2.45, 2.75) is 26.7 Å². The van der Waals surface area contributed by atoms with Crippen molar-refractivity contribution in [2.75, 3.05) is 0 Å². The lowest BCUT2D eigenvalue weighted by molar-refractivity contribution is -0.114. The number of hydrogen-bond donors (Lipinski definition) is 0. The lowest BCUT2D eigenvalue weighted by Crippen LogP contribution is -1.90. The number of rotatable bonds is 4. The van der Waals surface area contributed by atoms with Crippen LogP contribution >= 0.6 is 0 Å². The van der Waals surface area contributed by atoms with Crippen molar-refractivity contribution in [3.63, 3.8) is 0 Å². The second kappa shape index (κ2) is 5.44. The Morgan fingerprint density at radius 1 is 1.47 bits per heavy atom. The number of hydrogen-bond acceptors (Lipinski definition) is 1. The molecule has 0 aliphatic rings. The van der Waals surface area contributed by atoms with Gasteiger partial charge in [-0.1, -0.05) is 19.1 Å². The summed E-state index contributed by atoms with van der Waals surface area (Å²) in [6, 6.07) is 4.54. The fraction of sp³-hybridized carbons (Fsp3) is 0.308. The first-order chi connectivity index (χ1) is 7.13. The monoisotopic (exact) mass is 206 g/mol. The predicted octanol–water partition coefficient (Wildman–Crippen LogP) is 3.52. The van der Waals surface area contributed by atoms with Gasteiger partial charge in [-0.05, 0) is 42.7 Å². The highest BCUT2D eigenvalue weighted by atomic mass is 19.1. The number of carbonyl (C=O) groups is 1. The van der Waals surface area contributed by atoms with Gasteiger partial charge in [0.2, 0.25) is 0 Å². The van der Waals surface area contributed by atoms with E-state index in [4.69, 9.17) is 0 Å². The molecular weight excluding hydrogens is 191 g/mol. The number of benzene rings is 1. The third-order valence-corrected chi connectivity index (χ3v) is 2.18. The molecule has 0 saturated carbocycles. The zero-order chi connectivity index (χ0) is 11.3.